The summed E-state index contributed by atoms with van der Waals surface area (Å²) in [5.74, 6) is -0.617. The summed E-state index contributed by atoms with van der Waals surface area (Å²) < 4.78 is 5.32. The average molecular weight is 330 g/mol. The monoisotopic (exact) mass is 329 g/mol. The number of aliphatic carboxylic acids is 1. The molecule has 0 saturated carbocycles. The molecule has 3 N–H and O–H groups in total. The van der Waals surface area contributed by atoms with E-state index in [2.05, 4.69) is 5.32 Å². The zero-order valence-corrected chi connectivity index (χ0v) is 14.0. The Kier molecular flexibility index (Phi) is 7.48. The van der Waals surface area contributed by atoms with Gasteiger partial charge in [0.25, 0.3) is 0 Å². The van der Waals surface area contributed by atoms with E-state index in [1.807, 2.05) is 20.8 Å². The molecule has 0 aliphatic rings. The van der Waals surface area contributed by atoms with Gasteiger partial charge in [-0.2, -0.15) is 0 Å². The number of halogens is 1. The molecule has 0 aromatic heterocycles. The molecule has 0 radical (unpaired) electrons. The lowest BCUT2D eigenvalue weighted by Crippen LogP contribution is -2.29. The molecule has 5 nitrogen and oxygen atoms in total. The Hall–Kier alpha value is -1.46. The van der Waals surface area contributed by atoms with E-state index in [4.69, 9.17) is 16.3 Å². The second-order valence-corrected chi connectivity index (χ2v) is 6.06. The molecule has 1 aromatic carbocycles. The van der Waals surface area contributed by atoms with E-state index in [-0.39, 0.29) is 10.8 Å². The summed E-state index contributed by atoms with van der Waals surface area (Å²) in [5.41, 5.74) is 0.833. The first-order valence-corrected chi connectivity index (χ1v) is 7.80. The number of aromatic hydroxyl groups is 1. The maximum absolute atomic E-state index is 11.2. The Bertz CT molecular complexity index is 505. The van der Waals surface area contributed by atoms with Gasteiger partial charge in [0.05, 0.1) is 17.5 Å². The van der Waals surface area contributed by atoms with Crippen molar-refractivity contribution < 1.29 is 19.7 Å². The summed E-state index contributed by atoms with van der Waals surface area (Å²) in [4.78, 5) is 11.2. The maximum atomic E-state index is 11.2. The highest BCUT2D eigenvalue weighted by atomic mass is 35.5. The van der Waals surface area contributed by atoms with Crippen molar-refractivity contribution in [2.45, 2.75) is 33.7 Å². The first kappa shape index (κ1) is 18.6. The van der Waals surface area contributed by atoms with Gasteiger partial charge in [0.2, 0.25) is 0 Å². The Morgan fingerprint density at radius 2 is 2.09 bits per heavy atom. The summed E-state index contributed by atoms with van der Waals surface area (Å²) in [6, 6.07) is 3.35. The Morgan fingerprint density at radius 3 is 2.64 bits per heavy atom. The minimum Gasteiger partial charge on any atom is -0.503 e. The smallest absolute Gasteiger partial charge is 0.307 e. The number of benzene rings is 1. The molecule has 0 aliphatic heterocycles. The van der Waals surface area contributed by atoms with Crippen LogP contribution in [0.3, 0.4) is 0 Å². The summed E-state index contributed by atoms with van der Waals surface area (Å²) in [6.07, 6.45) is 0.628. The van der Waals surface area contributed by atoms with Gasteiger partial charge in [-0.15, -0.1) is 0 Å². The molecule has 0 aliphatic carbocycles. The zero-order chi connectivity index (χ0) is 16.7. The van der Waals surface area contributed by atoms with Crippen LogP contribution in [0.4, 0.5) is 0 Å². The molecule has 1 aromatic rings. The van der Waals surface area contributed by atoms with Crippen molar-refractivity contribution in [3.63, 3.8) is 0 Å². The lowest BCUT2D eigenvalue weighted by atomic mass is 9.97. The average Bonchev–Trinajstić information content (AvgIpc) is 2.42. The summed E-state index contributed by atoms with van der Waals surface area (Å²) in [6.45, 7) is 7.10. The highest BCUT2D eigenvalue weighted by Gasteiger charge is 2.18. The van der Waals surface area contributed by atoms with Gasteiger partial charge in [-0.25, -0.2) is 0 Å². The van der Waals surface area contributed by atoms with Gasteiger partial charge in [-0.1, -0.05) is 25.4 Å². The van der Waals surface area contributed by atoms with E-state index >= 15 is 0 Å². The molecule has 0 heterocycles. The molecule has 22 heavy (non-hydrogen) atoms. The molecule has 0 saturated heterocycles. The molecule has 124 valence electrons. The molecule has 0 fully saturated rings. The van der Waals surface area contributed by atoms with Crippen molar-refractivity contribution in [3.05, 3.63) is 22.7 Å². The summed E-state index contributed by atoms with van der Waals surface area (Å²) >= 11 is 5.96. The molecular formula is C16H24ClNO4. The SMILES string of the molecule is CCOc1cc(CNCC(CC(C)C)C(=O)O)cc(Cl)c1O. The van der Waals surface area contributed by atoms with Crippen LogP contribution in [0.5, 0.6) is 11.5 Å². The third-order valence-electron chi connectivity index (χ3n) is 3.21. The number of ether oxygens (including phenoxy) is 1. The predicted octanol–water partition coefficient (Wildman–Crippen LogP) is 3.28. The van der Waals surface area contributed by atoms with E-state index in [0.717, 1.165) is 5.56 Å². The van der Waals surface area contributed by atoms with Gasteiger partial charge in [0.1, 0.15) is 0 Å². The zero-order valence-electron chi connectivity index (χ0n) is 13.2. The number of carboxylic acids is 1. The fraction of sp³-hybridized carbons (Fsp3) is 0.562. The fourth-order valence-corrected chi connectivity index (χ4v) is 2.46. The van der Waals surface area contributed by atoms with Crippen LogP contribution in [0.2, 0.25) is 5.02 Å². The number of nitrogens with one attached hydrogen (secondary N) is 1. The first-order chi connectivity index (χ1) is 10.3. The lowest BCUT2D eigenvalue weighted by Gasteiger charge is -2.16. The third kappa shape index (κ3) is 5.73. The minimum atomic E-state index is -0.792. The highest BCUT2D eigenvalue weighted by Crippen LogP contribution is 2.35. The standard InChI is InChI=1S/C16H24ClNO4/c1-4-22-14-7-11(6-13(17)15(14)19)8-18-9-12(16(20)21)5-10(2)3/h6-7,10,12,18-19H,4-5,8-9H2,1-3H3,(H,20,21). The van der Waals surface area contributed by atoms with Gasteiger partial charge in [0.15, 0.2) is 11.5 Å². The third-order valence-corrected chi connectivity index (χ3v) is 3.50. The Morgan fingerprint density at radius 1 is 1.41 bits per heavy atom. The van der Waals surface area contributed by atoms with Gasteiger partial charge in [-0.3, -0.25) is 4.79 Å². The van der Waals surface area contributed by atoms with Gasteiger partial charge < -0.3 is 20.3 Å². The van der Waals surface area contributed by atoms with Crippen LogP contribution < -0.4 is 10.1 Å². The number of rotatable bonds is 9. The van der Waals surface area contributed by atoms with Crippen LogP contribution >= 0.6 is 11.6 Å². The first-order valence-electron chi connectivity index (χ1n) is 7.42. The number of hydrogen-bond acceptors (Lipinski definition) is 4. The summed E-state index contributed by atoms with van der Waals surface area (Å²) in [7, 11) is 0. The van der Waals surface area contributed by atoms with Crippen LogP contribution in [-0.4, -0.2) is 29.3 Å². The van der Waals surface area contributed by atoms with Crippen LogP contribution in [0.25, 0.3) is 0 Å². The number of carboxylic acid groups (broad SMARTS) is 1. The molecule has 1 unspecified atom stereocenters. The second kappa shape index (κ2) is 8.86. The number of hydrogen-bond donors (Lipinski definition) is 3. The Labute approximate surface area is 136 Å². The molecule has 0 bridgehead atoms. The van der Waals surface area contributed by atoms with E-state index in [1.54, 1.807) is 12.1 Å². The quantitative estimate of drug-likeness (QED) is 0.648. The van der Waals surface area contributed by atoms with Crippen molar-refractivity contribution in [2.24, 2.45) is 11.8 Å². The largest absolute Gasteiger partial charge is 0.503 e. The maximum Gasteiger partial charge on any atom is 0.307 e. The fourth-order valence-electron chi connectivity index (χ4n) is 2.23. The van der Waals surface area contributed by atoms with E-state index < -0.39 is 11.9 Å². The van der Waals surface area contributed by atoms with Crippen molar-refractivity contribution in [3.8, 4) is 11.5 Å². The number of phenols is 1. The van der Waals surface area contributed by atoms with Crippen molar-refractivity contribution >= 4 is 17.6 Å². The van der Waals surface area contributed by atoms with Crippen molar-refractivity contribution in [2.75, 3.05) is 13.2 Å². The predicted molar refractivity (Wildman–Crippen MR) is 86.6 cm³/mol. The van der Waals surface area contributed by atoms with Crippen LogP contribution in [0.1, 0.15) is 32.8 Å². The number of carbonyl (C=O) groups is 1. The number of phenolic OH excluding ortho intramolecular Hbond substituents is 1. The molecule has 6 heteroatoms. The lowest BCUT2D eigenvalue weighted by molar-refractivity contribution is -0.142. The van der Waals surface area contributed by atoms with E-state index in [9.17, 15) is 15.0 Å². The van der Waals surface area contributed by atoms with Crippen LogP contribution in [-0.2, 0) is 11.3 Å². The van der Waals surface area contributed by atoms with Crippen molar-refractivity contribution in [1.82, 2.24) is 5.32 Å². The van der Waals surface area contributed by atoms with Crippen LogP contribution in [0.15, 0.2) is 12.1 Å². The summed E-state index contributed by atoms with van der Waals surface area (Å²) in [5, 5.41) is 22.3. The minimum absolute atomic E-state index is 0.0736. The topological polar surface area (TPSA) is 78.8 Å². The second-order valence-electron chi connectivity index (χ2n) is 5.65. The van der Waals surface area contributed by atoms with Gasteiger partial charge in [0, 0.05) is 13.1 Å². The normalized spacial score (nSPS) is 12.4. The molecule has 0 amide bonds. The Balaban J connectivity index is 2.65. The van der Waals surface area contributed by atoms with Crippen molar-refractivity contribution in [1.29, 1.82) is 0 Å². The van der Waals surface area contributed by atoms with Gasteiger partial charge in [-0.05, 0) is 37.0 Å². The molecule has 0 spiro atoms. The van der Waals surface area contributed by atoms with Gasteiger partial charge >= 0.3 is 5.97 Å². The van der Waals surface area contributed by atoms with E-state index in [0.29, 0.717) is 37.8 Å². The molecular weight excluding hydrogens is 306 g/mol. The van der Waals surface area contributed by atoms with Crippen LogP contribution in [0, 0.1) is 11.8 Å². The molecule has 1 atom stereocenters. The molecule has 1 rings (SSSR count). The highest BCUT2D eigenvalue weighted by molar-refractivity contribution is 6.32. The van der Waals surface area contributed by atoms with E-state index in [1.165, 1.54) is 0 Å².